The highest BCUT2D eigenvalue weighted by atomic mass is 79.9. The number of hydrogen-bond acceptors (Lipinski definition) is 4. The van der Waals surface area contributed by atoms with Crippen LogP contribution < -0.4 is 10.5 Å². The van der Waals surface area contributed by atoms with E-state index in [1.807, 2.05) is 6.92 Å². The Balaban J connectivity index is 2.98. The molecular weight excluding hydrogens is 290 g/mol. The molecule has 0 aliphatic carbocycles. The number of rotatable bonds is 5. The Labute approximate surface area is 107 Å². The van der Waals surface area contributed by atoms with Crippen molar-refractivity contribution in [3.8, 4) is 5.75 Å². The van der Waals surface area contributed by atoms with Gasteiger partial charge in [-0.25, -0.2) is 0 Å². The lowest BCUT2D eigenvalue weighted by atomic mass is 10.2. The average Bonchev–Trinajstić information content (AvgIpc) is 2.24. The maximum absolute atomic E-state index is 10.7. The molecule has 0 aliphatic rings. The maximum atomic E-state index is 10.7. The predicted molar refractivity (Wildman–Crippen MR) is 67.4 cm³/mol. The molecular formula is C10H12BrN3O3. The first-order valence-corrected chi connectivity index (χ1v) is 5.69. The number of amidine groups is 1. The van der Waals surface area contributed by atoms with Crippen LogP contribution in [0.1, 0.15) is 13.3 Å². The molecule has 1 aromatic carbocycles. The highest BCUT2D eigenvalue weighted by Crippen LogP contribution is 2.27. The second kappa shape index (κ2) is 5.62. The third kappa shape index (κ3) is 3.70. The van der Waals surface area contributed by atoms with Crippen molar-refractivity contribution in [2.75, 3.05) is 0 Å². The van der Waals surface area contributed by atoms with Gasteiger partial charge in [0.2, 0.25) is 0 Å². The second-order valence-corrected chi connectivity index (χ2v) is 4.29. The number of benzene rings is 1. The minimum atomic E-state index is -0.566. The quantitative estimate of drug-likeness (QED) is 0.377. The van der Waals surface area contributed by atoms with Gasteiger partial charge in [-0.15, -0.1) is 0 Å². The molecule has 0 aromatic heterocycles. The topological polar surface area (TPSA) is 102 Å². The summed E-state index contributed by atoms with van der Waals surface area (Å²) >= 11 is 3.16. The first-order valence-electron chi connectivity index (χ1n) is 4.89. The first kappa shape index (κ1) is 13.4. The summed E-state index contributed by atoms with van der Waals surface area (Å²) in [6, 6.07) is 4.27. The van der Waals surface area contributed by atoms with Gasteiger partial charge in [-0.3, -0.25) is 15.5 Å². The fourth-order valence-corrected chi connectivity index (χ4v) is 1.71. The van der Waals surface area contributed by atoms with Crippen LogP contribution in [-0.4, -0.2) is 16.9 Å². The summed E-state index contributed by atoms with van der Waals surface area (Å²) in [7, 11) is 0. The predicted octanol–water partition coefficient (Wildman–Crippen LogP) is 2.45. The zero-order valence-electron chi connectivity index (χ0n) is 9.14. The molecule has 0 saturated carbocycles. The van der Waals surface area contributed by atoms with Crippen molar-refractivity contribution >= 4 is 27.5 Å². The van der Waals surface area contributed by atoms with E-state index in [-0.39, 0.29) is 11.5 Å². The molecule has 0 bridgehead atoms. The molecule has 3 N–H and O–H groups in total. The first-order chi connectivity index (χ1) is 7.93. The number of nitrogens with one attached hydrogen (secondary N) is 1. The standard InChI is InChI=1S/C10H12BrN3O3/c1-2-9(10(12)13)17-8-4-6(11)3-7(5-8)14(15)16/h3-5,9H,2H2,1H3,(H3,12,13). The fraction of sp³-hybridized carbons (Fsp3) is 0.300. The summed E-state index contributed by atoms with van der Waals surface area (Å²) in [4.78, 5) is 10.1. The Morgan fingerprint density at radius 3 is 2.76 bits per heavy atom. The van der Waals surface area contributed by atoms with E-state index in [9.17, 15) is 10.1 Å². The highest BCUT2D eigenvalue weighted by molar-refractivity contribution is 9.10. The molecule has 1 rings (SSSR count). The highest BCUT2D eigenvalue weighted by Gasteiger charge is 2.15. The Morgan fingerprint density at radius 2 is 2.29 bits per heavy atom. The van der Waals surface area contributed by atoms with E-state index in [2.05, 4.69) is 15.9 Å². The van der Waals surface area contributed by atoms with Gasteiger partial charge in [0.15, 0.2) is 6.10 Å². The van der Waals surface area contributed by atoms with Gasteiger partial charge >= 0.3 is 0 Å². The van der Waals surface area contributed by atoms with Crippen molar-refractivity contribution in [2.45, 2.75) is 19.4 Å². The molecule has 0 aliphatic heterocycles. The fourth-order valence-electron chi connectivity index (χ4n) is 1.25. The van der Waals surface area contributed by atoms with Crippen molar-refractivity contribution in [3.63, 3.8) is 0 Å². The van der Waals surface area contributed by atoms with E-state index in [0.717, 1.165) is 0 Å². The van der Waals surface area contributed by atoms with Crippen LogP contribution in [0, 0.1) is 15.5 Å². The lowest BCUT2D eigenvalue weighted by Gasteiger charge is -2.15. The van der Waals surface area contributed by atoms with E-state index >= 15 is 0 Å². The molecule has 92 valence electrons. The van der Waals surface area contributed by atoms with Crippen molar-refractivity contribution < 1.29 is 9.66 Å². The van der Waals surface area contributed by atoms with E-state index < -0.39 is 11.0 Å². The van der Waals surface area contributed by atoms with E-state index in [0.29, 0.717) is 16.6 Å². The van der Waals surface area contributed by atoms with Gasteiger partial charge in [-0.05, 0) is 12.5 Å². The Bertz CT molecular complexity index is 450. The zero-order valence-corrected chi connectivity index (χ0v) is 10.7. The molecule has 1 unspecified atom stereocenters. The third-order valence-electron chi connectivity index (χ3n) is 2.06. The largest absolute Gasteiger partial charge is 0.482 e. The summed E-state index contributed by atoms with van der Waals surface area (Å²) in [5, 5.41) is 18.0. The molecule has 0 fully saturated rings. The van der Waals surface area contributed by atoms with Gasteiger partial charge < -0.3 is 10.5 Å². The monoisotopic (exact) mass is 301 g/mol. The third-order valence-corrected chi connectivity index (χ3v) is 2.52. The van der Waals surface area contributed by atoms with Crippen LogP contribution in [0.25, 0.3) is 0 Å². The van der Waals surface area contributed by atoms with Crippen LogP contribution in [0.4, 0.5) is 5.69 Å². The molecule has 6 nitrogen and oxygen atoms in total. The number of halogens is 1. The van der Waals surface area contributed by atoms with Crippen molar-refractivity contribution in [1.29, 1.82) is 5.41 Å². The Kier molecular flexibility index (Phi) is 4.45. The molecule has 0 amide bonds. The van der Waals surface area contributed by atoms with Crippen LogP contribution >= 0.6 is 15.9 Å². The summed E-state index contributed by atoms with van der Waals surface area (Å²) in [5.74, 6) is 0.211. The maximum Gasteiger partial charge on any atom is 0.274 e. The average molecular weight is 302 g/mol. The van der Waals surface area contributed by atoms with Crippen LogP contribution in [0.5, 0.6) is 5.75 Å². The normalized spacial score (nSPS) is 11.9. The number of nitrogens with two attached hydrogens (primary N) is 1. The molecule has 1 atom stereocenters. The van der Waals surface area contributed by atoms with Gasteiger partial charge in [0.1, 0.15) is 11.6 Å². The SMILES string of the molecule is CCC(Oc1cc(Br)cc([N+](=O)[O-])c1)C(=N)N. The molecule has 0 heterocycles. The summed E-state index contributed by atoms with van der Waals surface area (Å²) < 4.78 is 5.95. The number of ether oxygens (including phenoxy) is 1. The van der Waals surface area contributed by atoms with Gasteiger partial charge in [-0.1, -0.05) is 22.9 Å². The Hall–Kier alpha value is -1.63. The molecule has 0 radical (unpaired) electrons. The summed E-state index contributed by atoms with van der Waals surface area (Å²) in [6.45, 7) is 1.82. The second-order valence-electron chi connectivity index (χ2n) is 3.37. The van der Waals surface area contributed by atoms with Crippen molar-refractivity contribution in [2.24, 2.45) is 5.73 Å². The van der Waals surface area contributed by atoms with Crippen LogP contribution in [0.2, 0.25) is 0 Å². The molecule has 1 aromatic rings. The van der Waals surface area contributed by atoms with E-state index in [1.54, 1.807) is 6.07 Å². The zero-order chi connectivity index (χ0) is 13.0. The smallest absolute Gasteiger partial charge is 0.274 e. The van der Waals surface area contributed by atoms with Gasteiger partial charge in [-0.2, -0.15) is 0 Å². The van der Waals surface area contributed by atoms with Gasteiger partial charge in [0, 0.05) is 10.5 Å². The number of nitrogens with zero attached hydrogens (tertiary/aromatic N) is 1. The minimum absolute atomic E-state index is 0.0761. The van der Waals surface area contributed by atoms with Crippen molar-refractivity contribution in [1.82, 2.24) is 0 Å². The van der Waals surface area contributed by atoms with E-state index in [1.165, 1.54) is 12.1 Å². The molecule has 0 saturated heterocycles. The lowest BCUT2D eigenvalue weighted by molar-refractivity contribution is -0.385. The molecule has 7 heteroatoms. The molecule has 17 heavy (non-hydrogen) atoms. The van der Waals surface area contributed by atoms with Crippen LogP contribution in [-0.2, 0) is 0 Å². The van der Waals surface area contributed by atoms with Crippen LogP contribution in [0.3, 0.4) is 0 Å². The number of hydrogen-bond donors (Lipinski definition) is 2. The minimum Gasteiger partial charge on any atom is -0.482 e. The Morgan fingerprint density at radius 1 is 1.65 bits per heavy atom. The van der Waals surface area contributed by atoms with Crippen LogP contribution in [0.15, 0.2) is 22.7 Å². The number of nitro groups is 1. The summed E-state index contributed by atoms with van der Waals surface area (Å²) in [5.41, 5.74) is 5.27. The molecule has 0 spiro atoms. The van der Waals surface area contributed by atoms with Crippen molar-refractivity contribution in [3.05, 3.63) is 32.8 Å². The van der Waals surface area contributed by atoms with E-state index in [4.69, 9.17) is 15.9 Å². The van der Waals surface area contributed by atoms with Gasteiger partial charge in [0.25, 0.3) is 5.69 Å². The van der Waals surface area contributed by atoms with Gasteiger partial charge in [0.05, 0.1) is 11.0 Å². The summed E-state index contributed by atoms with van der Waals surface area (Å²) in [6.07, 6.45) is -0.0424. The number of nitro benzene ring substituents is 1. The number of non-ortho nitro benzene ring substituents is 1. The lowest BCUT2D eigenvalue weighted by Crippen LogP contribution is -2.32.